The van der Waals surface area contributed by atoms with Crippen molar-refractivity contribution in [1.29, 1.82) is 0 Å². The van der Waals surface area contributed by atoms with Gasteiger partial charge in [0.25, 0.3) is 5.89 Å². The molecule has 1 aliphatic rings. The molecular formula is C13H14Cl2FN3O. The second-order valence-corrected chi connectivity index (χ2v) is 5.29. The van der Waals surface area contributed by atoms with Crippen LogP contribution < -0.4 is 5.73 Å². The van der Waals surface area contributed by atoms with E-state index in [1.54, 1.807) is 12.1 Å². The average molecular weight is 318 g/mol. The maximum Gasteiger partial charge on any atom is 0.261 e. The summed E-state index contributed by atoms with van der Waals surface area (Å²) in [5.74, 6) is 0.00274. The molecule has 1 heterocycles. The van der Waals surface area contributed by atoms with Crippen molar-refractivity contribution in [2.45, 2.75) is 31.2 Å². The van der Waals surface area contributed by atoms with Gasteiger partial charge in [0.2, 0.25) is 0 Å². The molecule has 1 aromatic heterocycles. The third-order valence-corrected chi connectivity index (χ3v) is 3.84. The molecule has 7 heteroatoms. The van der Waals surface area contributed by atoms with E-state index in [1.165, 1.54) is 6.07 Å². The van der Waals surface area contributed by atoms with Gasteiger partial charge in [0.1, 0.15) is 0 Å². The van der Waals surface area contributed by atoms with Crippen molar-refractivity contribution in [3.8, 4) is 11.5 Å². The van der Waals surface area contributed by atoms with E-state index in [-0.39, 0.29) is 28.9 Å². The summed E-state index contributed by atoms with van der Waals surface area (Å²) < 4.78 is 19.0. The second kappa shape index (κ2) is 5.68. The molecule has 4 nitrogen and oxygen atoms in total. The highest BCUT2D eigenvalue weighted by molar-refractivity contribution is 6.31. The summed E-state index contributed by atoms with van der Waals surface area (Å²) in [5, 5.41) is 3.92. The number of nitrogens with two attached hydrogens (primary N) is 1. The lowest BCUT2D eigenvalue weighted by Gasteiger charge is -2.17. The van der Waals surface area contributed by atoms with Gasteiger partial charge in [-0.15, -0.1) is 12.4 Å². The predicted octanol–water partition coefficient (Wildman–Crippen LogP) is 3.68. The van der Waals surface area contributed by atoms with Crippen LogP contribution in [-0.4, -0.2) is 10.1 Å². The highest BCUT2D eigenvalue weighted by Gasteiger charge is 2.36. The van der Waals surface area contributed by atoms with Crippen molar-refractivity contribution >= 4 is 24.0 Å². The van der Waals surface area contributed by atoms with Gasteiger partial charge in [-0.1, -0.05) is 35.7 Å². The Bertz CT molecular complexity index is 611. The highest BCUT2D eigenvalue weighted by Crippen LogP contribution is 2.36. The molecule has 1 aliphatic carbocycles. The molecule has 2 aromatic rings. The summed E-state index contributed by atoms with van der Waals surface area (Å²) in [6.45, 7) is 0. The lowest BCUT2D eigenvalue weighted by atomic mass is 9.99. The van der Waals surface area contributed by atoms with Crippen molar-refractivity contribution in [3.05, 3.63) is 34.9 Å². The van der Waals surface area contributed by atoms with E-state index in [4.69, 9.17) is 21.9 Å². The number of halogens is 3. The number of hydrogen-bond donors (Lipinski definition) is 1. The molecule has 1 aromatic carbocycles. The van der Waals surface area contributed by atoms with Crippen LogP contribution in [0.2, 0.25) is 5.02 Å². The van der Waals surface area contributed by atoms with Crippen molar-refractivity contribution in [1.82, 2.24) is 10.1 Å². The number of hydrogen-bond acceptors (Lipinski definition) is 4. The second-order valence-electron chi connectivity index (χ2n) is 4.89. The molecule has 0 atom stereocenters. The van der Waals surface area contributed by atoms with E-state index < -0.39 is 11.4 Å². The lowest BCUT2D eigenvalue weighted by Crippen LogP contribution is -2.34. The van der Waals surface area contributed by atoms with Gasteiger partial charge in [0.15, 0.2) is 11.6 Å². The smallest absolute Gasteiger partial charge is 0.261 e. The Hall–Kier alpha value is -1.17. The van der Waals surface area contributed by atoms with E-state index in [0.29, 0.717) is 5.82 Å². The van der Waals surface area contributed by atoms with Crippen LogP contribution in [0.5, 0.6) is 0 Å². The van der Waals surface area contributed by atoms with Crippen molar-refractivity contribution in [3.63, 3.8) is 0 Å². The van der Waals surface area contributed by atoms with Gasteiger partial charge in [-0.05, 0) is 25.0 Å². The quantitative estimate of drug-likeness (QED) is 0.917. The normalized spacial score (nSPS) is 16.9. The molecule has 0 bridgehead atoms. The van der Waals surface area contributed by atoms with E-state index in [9.17, 15) is 4.39 Å². The summed E-state index contributed by atoms with van der Waals surface area (Å²) in [6.07, 6.45) is 3.74. The zero-order valence-corrected chi connectivity index (χ0v) is 12.2. The Morgan fingerprint density at radius 1 is 1.30 bits per heavy atom. The van der Waals surface area contributed by atoms with Crippen LogP contribution in [0.15, 0.2) is 22.7 Å². The molecule has 0 aliphatic heterocycles. The zero-order chi connectivity index (χ0) is 13.5. The summed E-state index contributed by atoms with van der Waals surface area (Å²) in [6, 6.07) is 4.66. The number of rotatable bonds is 2. The van der Waals surface area contributed by atoms with Gasteiger partial charge >= 0.3 is 0 Å². The highest BCUT2D eigenvalue weighted by atomic mass is 35.5. The van der Waals surface area contributed by atoms with Crippen molar-refractivity contribution in [2.75, 3.05) is 0 Å². The lowest BCUT2D eigenvalue weighted by molar-refractivity contribution is 0.372. The molecule has 0 saturated heterocycles. The molecular weight excluding hydrogens is 304 g/mol. The Labute approximate surface area is 126 Å². The van der Waals surface area contributed by atoms with Crippen LogP contribution in [0, 0.1) is 5.82 Å². The Kier molecular flexibility index (Phi) is 4.32. The molecule has 1 fully saturated rings. The van der Waals surface area contributed by atoms with Gasteiger partial charge in [-0.2, -0.15) is 4.98 Å². The molecule has 2 N–H and O–H groups in total. The van der Waals surface area contributed by atoms with Crippen LogP contribution in [0.1, 0.15) is 31.5 Å². The van der Waals surface area contributed by atoms with Crippen molar-refractivity contribution < 1.29 is 8.91 Å². The Morgan fingerprint density at radius 3 is 2.70 bits per heavy atom. The predicted molar refractivity (Wildman–Crippen MR) is 76.3 cm³/mol. The first kappa shape index (κ1) is 15.2. The minimum Gasteiger partial charge on any atom is -0.334 e. The molecule has 3 rings (SSSR count). The van der Waals surface area contributed by atoms with E-state index in [2.05, 4.69) is 10.1 Å². The third kappa shape index (κ3) is 2.53. The minimum atomic E-state index is -0.558. The summed E-state index contributed by atoms with van der Waals surface area (Å²) in [7, 11) is 0. The van der Waals surface area contributed by atoms with E-state index in [1.807, 2.05) is 0 Å². The maximum atomic E-state index is 13.9. The van der Waals surface area contributed by atoms with Crippen molar-refractivity contribution in [2.24, 2.45) is 5.73 Å². The Balaban J connectivity index is 0.00000147. The zero-order valence-electron chi connectivity index (χ0n) is 10.6. The molecule has 0 radical (unpaired) electrons. The topological polar surface area (TPSA) is 64.9 Å². The first-order valence-electron chi connectivity index (χ1n) is 6.18. The van der Waals surface area contributed by atoms with Crippen LogP contribution in [0.4, 0.5) is 4.39 Å². The molecule has 1 saturated carbocycles. The molecule has 108 valence electrons. The fourth-order valence-electron chi connectivity index (χ4n) is 2.43. The van der Waals surface area contributed by atoms with Gasteiger partial charge in [0, 0.05) is 0 Å². The number of aromatic nitrogens is 2. The first-order chi connectivity index (χ1) is 9.10. The fourth-order valence-corrected chi connectivity index (χ4v) is 2.61. The molecule has 20 heavy (non-hydrogen) atoms. The third-order valence-electron chi connectivity index (χ3n) is 3.55. The SMILES string of the molecule is Cl.NC1(c2noc(-c3cccc(Cl)c3F)n2)CCCC1. The fraction of sp³-hybridized carbons (Fsp3) is 0.385. The molecule has 0 amide bonds. The minimum absolute atomic E-state index is 0. The van der Waals surface area contributed by atoms with E-state index >= 15 is 0 Å². The van der Waals surface area contributed by atoms with Crippen LogP contribution in [0.25, 0.3) is 11.5 Å². The number of benzene rings is 1. The molecule has 0 unspecified atom stereocenters. The van der Waals surface area contributed by atoms with Crippen LogP contribution in [0.3, 0.4) is 0 Å². The summed E-state index contributed by atoms with van der Waals surface area (Å²) >= 11 is 5.74. The van der Waals surface area contributed by atoms with Gasteiger partial charge in [-0.25, -0.2) is 4.39 Å². The molecule has 0 spiro atoms. The van der Waals surface area contributed by atoms with Crippen LogP contribution >= 0.6 is 24.0 Å². The van der Waals surface area contributed by atoms with Gasteiger partial charge in [-0.3, -0.25) is 0 Å². The summed E-state index contributed by atoms with van der Waals surface area (Å²) in [5.41, 5.74) is 5.89. The number of nitrogens with zero attached hydrogens (tertiary/aromatic N) is 2. The Morgan fingerprint density at radius 2 is 2.00 bits per heavy atom. The van der Waals surface area contributed by atoms with Gasteiger partial charge < -0.3 is 10.3 Å². The van der Waals surface area contributed by atoms with E-state index in [0.717, 1.165) is 25.7 Å². The summed E-state index contributed by atoms with van der Waals surface area (Å²) in [4.78, 5) is 4.23. The maximum absolute atomic E-state index is 13.9. The standard InChI is InChI=1S/C13H13ClFN3O.ClH/c14-9-5-3-4-8(10(9)15)11-17-12(18-19-11)13(16)6-1-2-7-13;/h3-5H,1-2,6-7,16H2;1H. The monoisotopic (exact) mass is 317 g/mol. The first-order valence-corrected chi connectivity index (χ1v) is 6.55. The average Bonchev–Trinajstić information content (AvgIpc) is 3.02. The largest absolute Gasteiger partial charge is 0.334 e. The van der Waals surface area contributed by atoms with Gasteiger partial charge in [0.05, 0.1) is 16.1 Å². The van der Waals surface area contributed by atoms with Crippen LogP contribution in [-0.2, 0) is 5.54 Å².